The van der Waals surface area contributed by atoms with Crippen LogP contribution in [0.15, 0.2) is 42.9 Å². The zero-order valence-corrected chi connectivity index (χ0v) is 23.7. The Bertz CT molecular complexity index is 1450. The average Bonchev–Trinajstić information content (AvgIpc) is 3.29. The molecule has 1 fully saturated rings. The number of aromatic nitrogens is 3. The van der Waals surface area contributed by atoms with Gasteiger partial charge in [-0.05, 0) is 72.8 Å². The number of pyridine rings is 1. The fourth-order valence-electron chi connectivity index (χ4n) is 5.10. The van der Waals surface area contributed by atoms with Crippen LogP contribution in [0.1, 0.15) is 43.7 Å². The van der Waals surface area contributed by atoms with Crippen LogP contribution >= 0.6 is 0 Å². The van der Waals surface area contributed by atoms with Crippen molar-refractivity contribution in [3.8, 4) is 17.0 Å². The molecule has 1 aliphatic rings. The van der Waals surface area contributed by atoms with Crippen LogP contribution in [0.25, 0.3) is 11.1 Å². The van der Waals surface area contributed by atoms with Crippen LogP contribution in [-0.4, -0.2) is 96.8 Å². The number of benzene rings is 1. The molecule has 13 heteroatoms. The molecule has 2 aromatic heterocycles. The number of anilines is 1. The molecule has 10 nitrogen and oxygen atoms in total. The molecule has 1 aliphatic heterocycles. The zero-order chi connectivity index (χ0) is 28.3. The average molecular weight is 583 g/mol. The number of carbonyl (C=O) groups is 1. The quantitative estimate of drug-likeness (QED) is 0.387. The van der Waals surface area contributed by atoms with Crippen LogP contribution in [0.3, 0.4) is 0 Å². The van der Waals surface area contributed by atoms with Crippen molar-refractivity contribution >= 4 is 51.4 Å². The number of amides is 1. The van der Waals surface area contributed by atoms with E-state index in [0.29, 0.717) is 46.8 Å². The number of aryl methyl sites for hydroxylation is 1. The Morgan fingerprint density at radius 1 is 1.27 bits per heavy atom. The summed E-state index contributed by atoms with van der Waals surface area (Å²) >= 11 is 0. The minimum absolute atomic E-state index is 0. The molecule has 1 amide bonds. The third-order valence-corrected chi connectivity index (χ3v) is 8.35. The fourth-order valence-corrected chi connectivity index (χ4v) is 6.50. The van der Waals surface area contributed by atoms with Crippen LogP contribution in [0.2, 0.25) is 0 Å². The SMILES string of the molecule is COc1cc(-c2cc(F)cc(C(C)C)c2CC(=O)NS(=O)(=O)N(c2cnn(C)c2)C2CCCN(C)C2)ccn1.[NaH]. The summed E-state index contributed by atoms with van der Waals surface area (Å²) in [6.45, 7) is 5.18. The van der Waals surface area contributed by atoms with E-state index < -0.39 is 21.9 Å². The van der Waals surface area contributed by atoms with Gasteiger partial charge in [-0.3, -0.25) is 9.48 Å². The molecule has 1 aromatic carbocycles. The minimum atomic E-state index is -4.28. The van der Waals surface area contributed by atoms with Crippen molar-refractivity contribution in [2.45, 2.75) is 45.1 Å². The van der Waals surface area contributed by atoms with E-state index in [1.807, 2.05) is 20.9 Å². The number of rotatable bonds is 9. The molecule has 0 radical (unpaired) electrons. The summed E-state index contributed by atoms with van der Waals surface area (Å²) in [5.74, 6) is -0.952. The Balaban J connectivity index is 0.00000441. The Morgan fingerprint density at radius 2 is 2.02 bits per heavy atom. The number of carbonyl (C=O) groups excluding carboxylic acids is 1. The van der Waals surface area contributed by atoms with Gasteiger partial charge in [-0.25, -0.2) is 18.4 Å². The number of ether oxygens (including phenoxy) is 1. The maximum absolute atomic E-state index is 14.7. The van der Waals surface area contributed by atoms with E-state index in [0.717, 1.165) is 13.0 Å². The predicted molar refractivity (Wildman–Crippen MR) is 154 cm³/mol. The van der Waals surface area contributed by atoms with Gasteiger partial charge >= 0.3 is 39.8 Å². The van der Waals surface area contributed by atoms with Gasteiger partial charge in [0.2, 0.25) is 11.8 Å². The number of halogens is 1. The number of nitrogens with zero attached hydrogens (tertiary/aromatic N) is 5. The number of likely N-dealkylation sites (tertiary alicyclic amines) is 1. The second-order valence-electron chi connectivity index (χ2n) is 10.2. The van der Waals surface area contributed by atoms with Crippen molar-refractivity contribution in [3.05, 3.63) is 59.8 Å². The van der Waals surface area contributed by atoms with Gasteiger partial charge < -0.3 is 9.64 Å². The summed E-state index contributed by atoms with van der Waals surface area (Å²) in [5.41, 5.74) is 2.62. The first-order valence-corrected chi connectivity index (χ1v) is 14.3. The van der Waals surface area contributed by atoms with E-state index >= 15 is 0 Å². The van der Waals surface area contributed by atoms with Gasteiger partial charge in [0.1, 0.15) is 5.82 Å². The molecule has 0 bridgehead atoms. The summed E-state index contributed by atoms with van der Waals surface area (Å²) in [7, 11) is 0.843. The van der Waals surface area contributed by atoms with Gasteiger partial charge in [-0.15, -0.1) is 0 Å². The van der Waals surface area contributed by atoms with E-state index in [-0.39, 0.29) is 47.9 Å². The normalized spacial score (nSPS) is 15.9. The first-order chi connectivity index (χ1) is 18.5. The van der Waals surface area contributed by atoms with Gasteiger partial charge in [-0.2, -0.15) is 13.5 Å². The van der Waals surface area contributed by atoms with Crippen LogP contribution in [0.5, 0.6) is 5.88 Å². The molecule has 4 rings (SSSR count). The zero-order valence-electron chi connectivity index (χ0n) is 22.9. The van der Waals surface area contributed by atoms with Gasteiger partial charge in [-0.1, -0.05) is 13.8 Å². The van der Waals surface area contributed by atoms with Gasteiger partial charge in [0.25, 0.3) is 0 Å². The monoisotopic (exact) mass is 582 g/mol. The molecule has 0 spiro atoms. The third-order valence-electron chi connectivity index (χ3n) is 6.84. The van der Waals surface area contributed by atoms with Gasteiger partial charge in [0.15, 0.2) is 0 Å². The van der Waals surface area contributed by atoms with Gasteiger partial charge in [0.05, 0.1) is 31.5 Å². The van der Waals surface area contributed by atoms with E-state index in [1.54, 1.807) is 25.4 Å². The van der Waals surface area contributed by atoms with Crippen molar-refractivity contribution in [1.29, 1.82) is 0 Å². The number of hydrogen-bond donors (Lipinski definition) is 1. The fraction of sp³-hybridized carbons (Fsp3) is 0.444. The molecule has 212 valence electrons. The molecule has 3 heterocycles. The molecule has 0 saturated carbocycles. The summed E-state index contributed by atoms with van der Waals surface area (Å²) in [4.78, 5) is 19.6. The molecule has 1 saturated heterocycles. The second kappa shape index (κ2) is 13.4. The van der Waals surface area contributed by atoms with Crippen molar-refractivity contribution < 1.29 is 22.3 Å². The summed E-state index contributed by atoms with van der Waals surface area (Å²) < 4.78 is 52.4. The molecular formula is C27H36FN6NaO4S. The number of piperidine rings is 1. The predicted octanol–water partition coefficient (Wildman–Crippen LogP) is 2.61. The van der Waals surface area contributed by atoms with E-state index in [9.17, 15) is 17.6 Å². The Kier molecular flexibility index (Phi) is 10.8. The Labute approximate surface area is 257 Å². The van der Waals surface area contributed by atoms with E-state index in [1.165, 1.54) is 40.6 Å². The number of hydrogen-bond acceptors (Lipinski definition) is 7. The van der Waals surface area contributed by atoms with Crippen LogP contribution in [0.4, 0.5) is 10.1 Å². The first-order valence-electron chi connectivity index (χ1n) is 12.8. The van der Waals surface area contributed by atoms with Crippen LogP contribution < -0.4 is 13.8 Å². The van der Waals surface area contributed by atoms with E-state index in [4.69, 9.17) is 4.74 Å². The van der Waals surface area contributed by atoms with Crippen molar-refractivity contribution in [2.24, 2.45) is 7.05 Å². The standard InChI is InChI=1S/C27H35FN6O4S.Na.H/c1-18(2)23-12-20(28)13-24(19-8-9-29-27(11-19)38-5)25(23)14-26(35)31-39(36,37)34(22-15-30-33(4)17-22)21-7-6-10-32(3)16-21;;/h8-9,11-13,15,17-18,21H,6-7,10,14,16H2,1-5H3,(H,31,35);;. The third kappa shape index (κ3) is 7.41. The molecule has 1 atom stereocenters. The molecule has 1 unspecified atom stereocenters. The molecule has 40 heavy (non-hydrogen) atoms. The van der Waals surface area contributed by atoms with Crippen molar-refractivity contribution in [3.63, 3.8) is 0 Å². The van der Waals surface area contributed by atoms with Gasteiger partial charge in [0, 0.05) is 32.1 Å². The Morgan fingerprint density at radius 3 is 2.65 bits per heavy atom. The number of likely N-dealkylation sites (N-methyl/N-ethyl adjacent to an activating group) is 1. The Hall–Kier alpha value is -2.51. The summed E-state index contributed by atoms with van der Waals surface area (Å²) in [6, 6.07) is 5.72. The van der Waals surface area contributed by atoms with E-state index in [2.05, 4.69) is 19.7 Å². The summed E-state index contributed by atoms with van der Waals surface area (Å²) in [5, 5.41) is 4.14. The van der Waals surface area contributed by atoms with Crippen molar-refractivity contribution in [1.82, 2.24) is 24.4 Å². The van der Waals surface area contributed by atoms with Crippen molar-refractivity contribution in [2.75, 3.05) is 31.6 Å². The van der Waals surface area contributed by atoms with Crippen LogP contribution in [0, 0.1) is 5.82 Å². The number of methoxy groups -OCH3 is 1. The van der Waals surface area contributed by atoms with Crippen LogP contribution in [-0.2, 0) is 28.5 Å². The summed E-state index contributed by atoms with van der Waals surface area (Å²) in [6.07, 6.45) is 5.84. The molecule has 0 aliphatic carbocycles. The molecule has 3 aromatic rings. The first kappa shape index (κ1) is 32.0. The molecular weight excluding hydrogens is 546 g/mol. The maximum atomic E-state index is 14.7. The topological polar surface area (TPSA) is 110 Å². The number of nitrogens with one attached hydrogen (secondary N) is 1. The molecule has 1 N–H and O–H groups in total. The second-order valence-corrected chi connectivity index (χ2v) is 11.7.